The Bertz CT molecular complexity index is 673. The number of likely N-dealkylation sites (tertiary alicyclic amines) is 1. The molecular formula is C16H20FN5O. The van der Waals surface area contributed by atoms with Gasteiger partial charge in [0.1, 0.15) is 18.5 Å². The molecular weight excluding hydrogens is 297 g/mol. The molecule has 1 aromatic heterocycles. The molecule has 23 heavy (non-hydrogen) atoms. The summed E-state index contributed by atoms with van der Waals surface area (Å²) in [6.45, 7) is 3.16. The van der Waals surface area contributed by atoms with E-state index in [0.29, 0.717) is 30.8 Å². The zero-order valence-electron chi connectivity index (χ0n) is 13.1. The molecule has 1 aliphatic heterocycles. The van der Waals surface area contributed by atoms with Crippen LogP contribution in [-0.2, 0) is 6.42 Å². The molecule has 2 amide bonds. The number of rotatable bonds is 3. The third-order valence-corrected chi connectivity index (χ3v) is 4.18. The van der Waals surface area contributed by atoms with Crippen LogP contribution >= 0.6 is 0 Å². The quantitative estimate of drug-likeness (QED) is 0.947. The molecule has 1 N–H and O–H groups in total. The Labute approximate surface area is 134 Å². The maximum absolute atomic E-state index is 13.8. The summed E-state index contributed by atoms with van der Waals surface area (Å²) in [5.41, 5.74) is 1.12. The highest BCUT2D eigenvalue weighted by atomic mass is 19.1. The average molecular weight is 317 g/mol. The van der Waals surface area contributed by atoms with E-state index in [0.717, 1.165) is 12.8 Å². The maximum atomic E-state index is 13.8. The molecule has 1 saturated heterocycles. The lowest BCUT2D eigenvalue weighted by Gasteiger charge is -2.32. The molecule has 7 heteroatoms. The first-order valence-electron chi connectivity index (χ1n) is 7.86. The zero-order chi connectivity index (χ0) is 16.2. The fraction of sp³-hybridized carbons (Fsp3) is 0.438. The minimum atomic E-state index is -0.288. The van der Waals surface area contributed by atoms with E-state index in [4.69, 9.17) is 0 Å². The number of carbonyl (C=O) groups excluding carboxylic acids is 1. The first kappa shape index (κ1) is 15.5. The van der Waals surface area contributed by atoms with Crippen molar-refractivity contribution in [2.45, 2.75) is 32.2 Å². The molecule has 2 aromatic rings. The lowest BCUT2D eigenvalue weighted by molar-refractivity contribution is 0.174. The first-order valence-corrected chi connectivity index (χ1v) is 7.86. The van der Waals surface area contributed by atoms with Gasteiger partial charge in [0.15, 0.2) is 0 Å². The second kappa shape index (κ2) is 6.76. The van der Waals surface area contributed by atoms with Crippen LogP contribution in [0.15, 0.2) is 30.9 Å². The monoisotopic (exact) mass is 317 g/mol. The predicted octanol–water partition coefficient (Wildman–Crippen LogP) is 2.85. The maximum Gasteiger partial charge on any atom is 0.321 e. The van der Waals surface area contributed by atoms with E-state index in [9.17, 15) is 9.18 Å². The zero-order valence-corrected chi connectivity index (χ0v) is 13.1. The highest BCUT2D eigenvalue weighted by molar-refractivity contribution is 5.89. The molecule has 6 nitrogen and oxygen atoms in total. The second-order valence-electron chi connectivity index (χ2n) is 5.71. The van der Waals surface area contributed by atoms with Crippen molar-refractivity contribution in [3.63, 3.8) is 0 Å². The minimum Gasteiger partial charge on any atom is -0.322 e. The number of aryl methyl sites for hydroxylation is 1. The molecule has 0 spiro atoms. The first-order chi connectivity index (χ1) is 11.2. The van der Waals surface area contributed by atoms with Gasteiger partial charge in [0.2, 0.25) is 0 Å². The van der Waals surface area contributed by atoms with Gasteiger partial charge in [-0.15, -0.1) is 0 Å². The lowest BCUT2D eigenvalue weighted by atomic mass is 10.1. The molecule has 1 aromatic carbocycles. The van der Waals surface area contributed by atoms with Crippen molar-refractivity contribution >= 4 is 11.7 Å². The van der Waals surface area contributed by atoms with Gasteiger partial charge in [0, 0.05) is 18.8 Å². The Morgan fingerprint density at radius 1 is 1.48 bits per heavy atom. The molecule has 0 aliphatic carbocycles. The van der Waals surface area contributed by atoms with Gasteiger partial charge in [0.25, 0.3) is 0 Å². The van der Waals surface area contributed by atoms with Crippen molar-refractivity contribution in [2.24, 2.45) is 0 Å². The van der Waals surface area contributed by atoms with Crippen LogP contribution < -0.4 is 5.32 Å². The summed E-state index contributed by atoms with van der Waals surface area (Å²) in [6, 6.07) is 4.74. The van der Waals surface area contributed by atoms with Crippen molar-refractivity contribution in [2.75, 3.05) is 18.4 Å². The van der Waals surface area contributed by atoms with Crippen LogP contribution in [0.3, 0.4) is 0 Å². The summed E-state index contributed by atoms with van der Waals surface area (Å²) >= 11 is 0. The number of carbonyl (C=O) groups is 1. The minimum absolute atomic E-state index is 0.135. The Balaban J connectivity index is 1.64. The summed E-state index contributed by atoms with van der Waals surface area (Å²) in [6.07, 6.45) is 5.67. The molecule has 0 unspecified atom stereocenters. The number of amides is 2. The van der Waals surface area contributed by atoms with Crippen LogP contribution in [0.25, 0.3) is 0 Å². The molecule has 1 atom stereocenters. The van der Waals surface area contributed by atoms with Gasteiger partial charge in [-0.25, -0.2) is 18.9 Å². The molecule has 3 rings (SSSR count). The van der Waals surface area contributed by atoms with Gasteiger partial charge in [-0.1, -0.05) is 13.0 Å². The third kappa shape index (κ3) is 3.49. The van der Waals surface area contributed by atoms with E-state index in [-0.39, 0.29) is 17.9 Å². The number of hydrogen-bond acceptors (Lipinski definition) is 3. The van der Waals surface area contributed by atoms with E-state index < -0.39 is 0 Å². The van der Waals surface area contributed by atoms with Crippen LogP contribution in [0.4, 0.5) is 14.9 Å². The molecule has 0 radical (unpaired) electrons. The van der Waals surface area contributed by atoms with E-state index in [2.05, 4.69) is 15.4 Å². The second-order valence-corrected chi connectivity index (χ2v) is 5.71. The van der Waals surface area contributed by atoms with Gasteiger partial charge in [0.05, 0.1) is 6.04 Å². The van der Waals surface area contributed by atoms with E-state index in [1.165, 1.54) is 12.4 Å². The fourth-order valence-electron chi connectivity index (χ4n) is 2.88. The molecule has 1 aliphatic rings. The number of anilines is 1. The Kier molecular flexibility index (Phi) is 4.55. The Hall–Kier alpha value is -2.44. The average Bonchev–Trinajstić information content (AvgIpc) is 3.10. The van der Waals surface area contributed by atoms with Gasteiger partial charge in [-0.2, -0.15) is 5.10 Å². The summed E-state index contributed by atoms with van der Waals surface area (Å²) in [7, 11) is 0. The number of aromatic nitrogens is 3. The summed E-state index contributed by atoms with van der Waals surface area (Å²) in [4.78, 5) is 18.1. The van der Waals surface area contributed by atoms with Crippen LogP contribution in [0, 0.1) is 5.82 Å². The van der Waals surface area contributed by atoms with E-state index in [1.54, 1.807) is 28.0 Å². The number of nitrogens with one attached hydrogen (secondary N) is 1. The van der Waals surface area contributed by atoms with Crippen LogP contribution in [-0.4, -0.2) is 38.8 Å². The summed E-state index contributed by atoms with van der Waals surface area (Å²) in [5, 5.41) is 6.92. The van der Waals surface area contributed by atoms with Crippen LogP contribution in [0.5, 0.6) is 0 Å². The van der Waals surface area contributed by atoms with Gasteiger partial charge in [-0.05, 0) is 37.0 Å². The van der Waals surface area contributed by atoms with Crippen molar-refractivity contribution in [1.82, 2.24) is 19.7 Å². The van der Waals surface area contributed by atoms with E-state index >= 15 is 0 Å². The number of hydrogen-bond donors (Lipinski definition) is 1. The molecule has 0 saturated carbocycles. The van der Waals surface area contributed by atoms with Crippen molar-refractivity contribution in [3.05, 3.63) is 42.2 Å². The summed E-state index contributed by atoms with van der Waals surface area (Å²) < 4.78 is 15.6. The largest absolute Gasteiger partial charge is 0.322 e. The number of piperidine rings is 1. The molecule has 2 heterocycles. The fourth-order valence-corrected chi connectivity index (χ4v) is 2.88. The summed E-state index contributed by atoms with van der Waals surface area (Å²) in [5.74, 6) is -0.288. The standard InChI is InChI=1S/C16H20FN5O/c1-2-12-5-6-13(8-15(12)17)20-16(23)21-7-3-4-14(9-21)22-11-18-10-19-22/h5-6,8,10-11,14H,2-4,7,9H2,1H3,(H,20,23)/t14-/m1/s1. The number of halogens is 1. The number of urea groups is 1. The molecule has 1 fully saturated rings. The lowest BCUT2D eigenvalue weighted by Crippen LogP contribution is -2.43. The van der Waals surface area contributed by atoms with Crippen molar-refractivity contribution in [3.8, 4) is 0 Å². The Morgan fingerprint density at radius 3 is 3.04 bits per heavy atom. The number of nitrogens with zero attached hydrogens (tertiary/aromatic N) is 4. The van der Waals surface area contributed by atoms with E-state index in [1.807, 2.05) is 6.92 Å². The van der Waals surface area contributed by atoms with Gasteiger partial charge < -0.3 is 10.2 Å². The highest BCUT2D eigenvalue weighted by Crippen LogP contribution is 2.21. The predicted molar refractivity (Wildman–Crippen MR) is 84.7 cm³/mol. The smallest absolute Gasteiger partial charge is 0.321 e. The Morgan fingerprint density at radius 2 is 2.35 bits per heavy atom. The van der Waals surface area contributed by atoms with Crippen LogP contribution in [0.1, 0.15) is 31.4 Å². The van der Waals surface area contributed by atoms with Gasteiger partial charge in [-0.3, -0.25) is 0 Å². The molecule has 122 valence electrons. The van der Waals surface area contributed by atoms with Crippen molar-refractivity contribution in [1.29, 1.82) is 0 Å². The third-order valence-electron chi connectivity index (χ3n) is 4.18. The topological polar surface area (TPSA) is 63.1 Å². The highest BCUT2D eigenvalue weighted by Gasteiger charge is 2.25. The SMILES string of the molecule is CCc1ccc(NC(=O)N2CCC[C@@H](n3cncn3)C2)cc1F. The van der Waals surface area contributed by atoms with Gasteiger partial charge >= 0.3 is 6.03 Å². The molecule has 0 bridgehead atoms. The van der Waals surface area contributed by atoms with Crippen LogP contribution in [0.2, 0.25) is 0 Å². The van der Waals surface area contributed by atoms with Crippen molar-refractivity contribution < 1.29 is 9.18 Å². The number of benzene rings is 1. The normalized spacial score (nSPS) is 18.0.